The molecule has 1 atom stereocenters. The van der Waals surface area contributed by atoms with Crippen LogP contribution < -0.4 is 11.1 Å². The van der Waals surface area contributed by atoms with Crippen LogP contribution in [0, 0.1) is 5.92 Å². The van der Waals surface area contributed by atoms with Gasteiger partial charge >= 0.3 is 0 Å². The van der Waals surface area contributed by atoms with Crippen LogP contribution in [0.1, 0.15) is 51.0 Å². The van der Waals surface area contributed by atoms with Gasteiger partial charge in [0.2, 0.25) is 5.91 Å². The second-order valence-electron chi connectivity index (χ2n) is 6.24. The molecule has 1 unspecified atom stereocenters. The van der Waals surface area contributed by atoms with Crippen molar-refractivity contribution in [2.75, 3.05) is 0 Å². The molecule has 118 valence electrons. The Balaban J connectivity index is 0.00000220. The summed E-state index contributed by atoms with van der Waals surface area (Å²) in [5.41, 5.74) is 7.31. The summed E-state index contributed by atoms with van der Waals surface area (Å²) in [6.45, 7) is 3.97. The van der Waals surface area contributed by atoms with Crippen LogP contribution in [-0.4, -0.2) is 18.0 Å². The molecule has 0 spiro atoms. The van der Waals surface area contributed by atoms with E-state index in [1.54, 1.807) is 0 Å². The molecular formula is C17H27ClN2O. The zero-order valence-electron chi connectivity index (χ0n) is 12.9. The summed E-state index contributed by atoms with van der Waals surface area (Å²) < 4.78 is 0. The van der Waals surface area contributed by atoms with Crippen LogP contribution in [0.15, 0.2) is 30.3 Å². The molecule has 1 aromatic carbocycles. The summed E-state index contributed by atoms with van der Waals surface area (Å²) in [5, 5.41) is 3.11. The van der Waals surface area contributed by atoms with Gasteiger partial charge < -0.3 is 11.1 Å². The van der Waals surface area contributed by atoms with Crippen molar-refractivity contribution in [3.8, 4) is 0 Å². The number of halogens is 1. The highest BCUT2D eigenvalue weighted by atomic mass is 35.5. The predicted molar refractivity (Wildman–Crippen MR) is 89.6 cm³/mol. The third-order valence-electron chi connectivity index (χ3n) is 4.37. The lowest BCUT2D eigenvalue weighted by atomic mass is 9.81. The summed E-state index contributed by atoms with van der Waals surface area (Å²) in [5.74, 6) is 0.835. The molecule has 0 bridgehead atoms. The molecule has 1 aliphatic rings. The highest BCUT2D eigenvalue weighted by molar-refractivity contribution is 5.85. The molecule has 0 radical (unpaired) electrons. The average Bonchev–Trinajstić information content (AvgIpc) is 2.48. The van der Waals surface area contributed by atoms with E-state index in [1.807, 2.05) is 13.8 Å². The van der Waals surface area contributed by atoms with E-state index in [0.29, 0.717) is 12.0 Å². The van der Waals surface area contributed by atoms with Gasteiger partial charge in [0.25, 0.3) is 0 Å². The number of amides is 1. The van der Waals surface area contributed by atoms with Crippen LogP contribution in [0.3, 0.4) is 0 Å². The molecule has 2 rings (SSSR count). The minimum Gasteiger partial charge on any atom is -0.352 e. The molecule has 0 aromatic heterocycles. The first kappa shape index (κ1) is 18.0. The minimum atomic E-state index is -0.387. The summed E-state index contributed by atoms with van der Waals surface area (Å²) in [4.78, 5) is 12.0. The third-order valence-corrected chi connectivity index (χ3v) is 4.37. The Kier molecular flexibility index (Phi) is 7.20. The van der Waals surface area contributed by atoms with Crippen LogP contribution in [0.2, 0.25) is 0 Å². The van der Waals surface area contributed by atoms with Gasteiger partial charge in [0.15, 0.2) is 0 Å². The van der Waals surface area contributed by atoms with Crippen LogP contribution in [0.5, 0.6) is 0 Å². The fraction of sp³-hybridized carbons (Fsp3) is 0.588. The van der Waals surface area contributed by atoms with Crippen molar-refractivity contribution in [1.29, 1.82) is 0 Å². The quantitative estimate of drug-likeness (QED) is 0.897. The first-order chi connectivity index (χ1) is 9.58. The normalized spacial score (nSPS) is 23.2. The summed E-state index contributed by atoms with van der Waals surface area (Å²) in [6.07, 6.45) is 4.39. The number of rotatable bonds is 4. The van der Waals surface area contributed by atoms with Gasteiger partial charge in [0.05, 0.1) is 6.04 Å². The third kappa shape index (κ3) is 5.01. The van der Waals surface area contributed by atoms with Crippen molar-refractivity contribution in [2.45, 2.75) is 57.5 Å². The molecule has 1 aliphatic carbocycles. The molecule has 0 aliphatic heterocycles. The lowest BCUT2D eigenvalue weighted by Gasteiger charge is -2.30. The van der Waals surface area contributed by atoms with E-state index in [9.17, 15) is 4.79 Å². The van der Waals surface area contributed by atoms with Crippen molar-refractivity contribution in [2.24, 2.45) is 11.7 Å². The highest BCUT2D eigenvalue weighted by Crippen LogP contribution is 2.32. The molecule has 1 amide bonds. The van der Waals surface area contributed by atoms with Gasteiger partial charge in [-0.3, -0.25) is 4.79 Å². The van der Waals surface area contributed by atoms with Crippen molar-refractivity contribution in [3.63, 3.8) is 0 Å². The zero-order chi connectivity index (χ0) is 14.5. The Hall–Kier alpha value is -1.06. The van der Waals surface area contributed by atoms with E-state index < -0.39 is 0 Å². The van der Waals surface area contributed by atoms with Gasteiger partial charge in [0.1, 0.15) is 0 Å². The number of carbonyl (C=O) groups excluding carboxylic acids is 1. The predicted octanol–water partition coefficient (Wildman–Crippen LogP) is 3.23. The molecular weight excluding hydrogens is 284 g/mol. The van der Waals surface area contributed by atoms with Gasteiger partial charge in [-0.25, -0.2) is 0 Å². The monoisotopic (exact) mass is 310 g/mol. The SMILES string of the molecule is CC(C)C(N)C(=O)NC1CCC(c2ccccc2)CC1.Cl. The lowest BCUT2D eigenvalue weighted by Crippen LogP contribution is -2.48. The van der Waals surface area contributed by atoms with Crippen molar-refractivity contribution in [1.82, 2.24) is 5.32 Å². The largest absolute Gasteiger partial charge is 0.352 e. The van der Waals surface area contributed by atoms with E-state index in [4.69, 9.17) is 5.73 Å². The van der Waals surface area contributed by atoms with Crippen LogP contribution in [0.4, 0.5) is 0 Å². The van der Waals surface area contributed by atoms with Gasteiger partial charge in [-0.2, -0.15) is 0 Å². The number of hydrogen-bond acceptors (Lipinski definition) is 2. The van der Waals surface area contributed by atoms with Crippen LogP contribution in [-0.2, 0) is 4.79 Å². The van der Waals surface area contributed by atoms with Crippen molar-refractivity contribution >= 4 is 18.3 Å². The van der Waals surface area contributed by atoms with Crippen molar-refractivity contribution < 1.29 is 4.79 Å². The molecule has 3 nitrogen and oxygen atoms in total. The topological polar surface area (TPSA) is 55.1 Å². The molecule has 0 saturated heterocycles. The Morgan fingerprint density at radius 1 is 1.14 bits per heavy atom. The number of nitrogens with two attached hydrogens (primary N) is 1. The van der Waals surface area contributed by atoms with Gasteiger partial charge in [-0.1, -0.05) is 44.2 Å². The Bertz CT molecular complexity index is 428. The minimum absolute atomic E-state index is 0. The molecule has 0 heterocycles. The number of hydrogen-bond donors (Lipinski definition) is 2. The maximum absolute atomic E-state index is 12.0. The zero-order valence-corrected chi connectivity index (χ0v) is 13.7. The number of nitrogens with one attached hydrogen (secondary N) is 1. The molecule has 1 fully saturated rings. The maximum atomic E-state index is 12.0. The summed E-state index contributed by atoms with van der Waals surface area (Å²) in [6, 6.07) is 10.6. The van der Waals surface area contributed by atoms with E-state index in [-0.39, 0.29) is 30.3 Å². The van der Waals surface area contributed by atoms with E-state index in [0.717, 1.165) is 25.7 Å². The molecule has 1 saturated carbocycles. The number of carbonyl (C=O) groups is 1. The second kappa shape index (κ2) is 8.40. The van der Waals surface area contributed by atoms with Gasteiger partial charge in [-0.15, -0.1) is 12.4 Å². The Morgan fingerprint density at radius 3 is 2.24 bits per heavy atom. The smallest absolute Gasteiger partial charge is 0.237 e. The number of benzene rings is 1. The van der Waals surface area contributed by atoms with Crippen LogP contribution >= 0.6 is 12.4 Å². The Labute approximate surface area is 134 Å². The Morgan fingerprint density at radius 2 is 1.71 bits per heavy atom. The van der Waals surface area contributed by atoms with E-state index in [2.05, 4.69) is 35.6 Å². The second-order valence-corrected chi connectivity index (χ2v) is 6.24. The van der Waals surface area contributed by atoms with Gasteiger partial charge in [0, 0.05) is 6.04 Å². The standard InChI is InChI=1S/C17H26N2O.ClH/c1-12(2)16(18)17(20)19-15-10-8-14(9-11-15)13-6-4-3-5-7-13;/h3-7,12,14-16H,8-11,18H2,1-2H3,(H,19,20);1H. The summed E-state index contributed by atoms with van der Waals surface area (Å²) in [7, 11) is 0. The lowest BCUT2D eigenvalue weighted by molar-refractivity contribution is -0.124. The van der Waals surface area contributed by atoms with E-state index in [1.165, 1.54) is 5.56 Å². The first-order valence-corrected chi connectivity index (χ1v) is 7.69. The maximum Gasteiger partial charge on any atom is 0.237 e. The molecule has 4 heteroatoms. The fourth-order valence-electron chi connectivity index (χ4n) is 2.90. The van der Waals surface area contributed by atoms with Gasteiger partial charge in [-0.05, 0) is 43.1 Å². The highest BCUT2D eigenvalue weighted by Gasteiger charge is 2.25. The van der Waals surface area contributed by atoms with E-state index >= 15 is 0 Å². The first-order valence-electron chi connectivity index (χ1n) is 7.69. The molecule has 21 heavy (non-hydrogen) atoms. The molecule has 3 N–H and O–H groups in total. The summed E-state index contributed by atoms with van der Waals surface area (Å²) >= 11 is 0. The average molecular weight is 311 g/mol. The molecule has 1 aromatic rings. The van der Waals surface area contributed by atoms with Crippen molar-refractivity contribution in [3.05, 3.63) is 35.9 Å². The van der Waals surface area contributed by atoms with Crippen LogP contribution in [0.25, 0.3) is 0 Å². The fourth-order valence-corrected chi connectivity index (χ4v) is 2.90.